The topological polar surface area (TPSA) is 105 Å². The highest BCUT2D eigenvalue weighted by atomic mass is 35.5. The maximum atomic E-state index is 13.8. The van der Waals surface area contributed by atoms with Crippen molar-refractivity contribution in [2.45, 2.75) is 31.9 Å². The van der Waals surface area contributed by atoms with Crippen molar-refractivity contribution in [1.82, 2.24) is 14.8 Å². The summed E-state index contributed by atoms with van der Waals surface area (Å²) in [5.41, 5.74) is 0.743. The minimum Gasteiger partial charge on any atom is -0.481 e. The van der Waals surface area contributed by atoms with Crippen molar-refractivity contribution in [3.8, 4) is 0 Å². The lowest BCUT2D eigenvalue weighted by atomic mass is 9.98. The van der Waals surface area contributed by atoms with Crippen molar-refractivity contribution in [2.75, 3.05) is 33.0 Å². The summed E-state index contributed by atoms with van der Waals surface area (Å²) in [6, 6.07) is 3.18. The number of aliphatic imine (C=N–C) groups is 1. The molecule has 2 unspecified atom stereocenters. The van der Waals surface area contributed by atoms with Gasteiger partial charge in [0.15, 0.2) is 10.8 Å². The van der Waals surface area contributed by atoms with Gasteiger partial charge in [-0.25, -0.2) is 14.2 Å². The quantitative estimate of drug-likeness (QED) is 0.484. The van der Waals surface area contributed by atoms with E-state index in [4.69, 9.17) is 31.2 Å². The summed E-state index contributed by atoms with van der Waals surface area (Å²) in [4.78, 5) is 37.2. The van der Waals surface area contributed by atoms with E-state index in [9.17, 15) is 14.0 Å². The zero-order chi connectivity index (χ0) is 25.7. The average molecular weight is 537 g/mol. The van der Waals surface area contributed by atoms with Crippen LogP contribution >= 0.6 is 22.9 Å². The molecule has 1 fully saturated rings. The predicted octanol–water partition coefficient (Wildman–Crippen LogP) is 3.71. The highest BCUT2D eigenvalue weighted by Gasteiger charge is 2.34. The van der Waals surface area contributed by atoms with E-state index >= 15 is 0 Å². The average Bonchev–Trinajstić information content (AvgIpc) is 3.38. The Labute approximate surface area is 216 Å². The third-order valence-corrected chi connectivity index (χ3v) is 6.86. The monoisotopic (exact) mass is 536 g/mol. The van der Waals surface area contributed by atoms with E-state index in [1.807, 2.05) is 10.3 Å². The number of amidine groups is 1. The molecular weight excluding hydrogens is 511 g/mol. The summed E-state index contributed by atoms with van der Waals surface area (Å²) in [7, 11) is 0. The van der Waals surface area contributed by atoms with Gasteiger partial charge in [-0.3, -0.25) is 14.7 Å². The van der Waals surface area contributed by atoms with Gasteiger partial charge in [0.2, 0.25) is 0 Å². The molecule has 0 bridgehead atoms. The van der Waals surface area contributed by atoms with Gasteiger partial charge in [-0.05, 0) is 25.5 Å². The number of hydrogen-bond donors (Lipinski definition) is 1. The maximum Gasteiger partial charge on any atom is 0.338 e. The van der Waals surface area contributed by atoms with Gasteiger partial charge in [0, 0.05) is 47.9 Å². The van der Waals surface area contributed by atoms with E-state index in [2.05, 4.69) is 9.88 Å². The number of carbonyl (C=O) groups is 2. The minimum atomic E-state index is -0.863. The fourth-order valence-electron chi connectivity index (χ4n) is 4.11. The first-order valence-corrected chi connectivity index (χ1v) is 12.7. The smallest absolute Gasteiger partial charge is 0.338 e. The number of carboxylic acids is 1. The molecular formula is C24H26ClFN4O5S. The van der Waals surface area contributed by atoms with E-state index in [0.29, 0.717) is 49.2 Å². The van der Waals surface area contributed by atoms with Crippen molar-refractivity contribution in [1.29, 1.82) is 0 Å². The molecule has 0 spiro atoms. The Morgan fingerprint density at radius 1 is 1.39 bits per heavy atom. The lowest BCUT2D eigenvalue weighted by molar-refractivity contribution is -0.139. The maximum absolute atomic E-state index is 13.8. The Morgan fingerprint density at radius 2 is 2.22 bits per heavy atom. The van der Waals surface area contributed by atoms with Crippen LogP contribution < -0.4 is 0 Å². The third-order valence-electron chi connectivity index (χ3n) is 5.76. The molecule has 192 valence electrons. The number of benzene rings is 1. The van der Waals surface area contributed by atoms with Crippen LogP contribution in [0, 0.1) is 5.82 Å². The Morgan fingerprint density at radius 3 is 2.92 bits per heavy atom. The van der Waals surface area contributed by atoms with Crippen LogP contribution in [0.25, 0.3) is 0 Å². The Hall–Kier alpha value is -2.86. The lowest BCUT2D eigenvalue weighted by Crippen LogP contribution is -2.48. The van der Waals surface area contributed by atoms with Gasteiger partial charge in [0.05, 0.1) is 31.6 Å². The first-order chi connectivity index (χ1) is 17.4. The van der Waals surface area contributed by atoms with Crippen molar-refractivity contribution < 1.29 is 28.6 Å². The second kappa shape index (κ2) is 11.9. The van der Waals surface area contributed by atoms with Gasteiger partial charge in [-0.15, -0.1) is 11.3 Å². The number of carbonyl (C=O) groups excluding carboxylic acids is 1. The predicted molar refractivity (Wildman–Crippen MR) is 132 cm³/mol. The number of nitrogens with zero attached hydrogens (tertiary/aromatic N) is 4. The molecule has 0 radical (unpaired) electrons. The molecule has 0 aliphatic carbocycles. The molecule has 1 aromatic heterocycles. The van der Waals surface area contributed by atoms with E-state index < -0.39 is 23.8 Å². The van der Waals surface area contributed by atoms with Crippen LogP contribution in [0.1, 0.15) is 36.4 Å². The van der Waals surface area contributed by atoms with Gasteiger partial charge in [-0.1, -0.05) is 17.7 Å². The van der Waals surface area contributed by atoms with Crippen LogP contribution in [0.2, 0.25) is 5.02 Å². The molecule has 2 atom stereocenters. The summed E-state index contributed by atoms with van der Waals surface area (Å²) in [6.07, 6.45) is 3.59. The zero-order valence-corrected chi connectivity index (χ0v) is 21.2. The SMILES string of the molecule is CCOC(=O)C1=CN(CN2CCOC(CCC(=O)O)C2)C(c2nccs2)=NC1c1ccc(F)cc1Cl. The van der Waals surface area contributed by atoms with Crippen LogP contribution in [-0.4, -0.2) is 76.7 Å². The molecule has 0 saturated carbocycles. The molecule has 36 heavy (non-hydrogen) atoms. The number of aromatic nitrogens is 1. The molecule has 9 nitrogen and oxygen atoms in total. The van der Waals surface area contributed by atoms with Crippen LogP contribution in [-0.2, 0) is 19.1 Å². The van der Waals surface area contributed by atoms with Gasteiger partial charge in [0.25, 0.3) is 0 Å². The molecule has 1 aromatic carbocycles. The number of rotatable bonds is 9. The molecule has 2 aromatic rings. The standard InChI is InChI=1S/C24H26ClFN4O5S/c1-2-34-24(33)18-13-30(14-29-8-9-35-16(12-29)4-6-20(31)32)22(23-27-7-10-36-23)28-21(18)17-5-3-15(26)11-19(17)25/h3,5,7,10-11,13,16,21H,2,4,6,8-9,12,14H2,1H3,(H,31,32). The molecule has 2 aliphatic rings. The zero-order valence-electron chi connectivity index (χ0n) is 19.6. The number of hydrogen-bond acceptors (Lipinski definition) is 9. The Kier molecular flexibility index (Phi) is 8.68. The Bertz CT molecular complexity index is 1160. The van der Waals surface area contributed by atoms with Crippen molar-refractivity contribution in [3.63, 3.8) is 0 Å². The normalized spacial score (nSPS) is 20.6. The molecule has 4 rings (SSSR count). The number of halogens is 2. The Balaban J connectivity index is 1.67. The second-order valence-electron chi connectivity index (χ2n) is 8.28. The van der Waals surface area contributed by atoms with E-state index in [1.165, 1.54) is 29.5 Å². The fourth-order valence-corrected chi connectivity index (χ4v) is 5.03. The highest BCUT2D eigenvalue weighted by Crippen LogP contribution is 2.36. The third kappa shape index (κ3) is 6.28. The number of esters is 1. The van der Waals surface area contributed by atoms with E-state index in [-0.39, 0.29) is 29.7 Å². The number of morpholine rings is 1. The number of aliphatic carboxylic acids is 1. The van der Waals surface area contributed by atoms with Crippen molar-refractivity contribution in [2.24, 2.45) is 4.99 Å². The molecule has 1 saturated heterocycles. The second-order valence-corrected chi connectivity index (χ2v) is 9.58. The summed E-state index contributed by atoms with van der Waals surface area (Å²) >= 11 is 7.76. The summed E-state index contributed by atoms with van der Waals surface area (Å²) in [6.45, 7) is 3.89. The molecule has 2 aliphatic heterocycles. The first kappa shape index (κ1) is 26.2. The van der Waals surface area contributed by atoms with Crippen LogP contribution in [0.5, 0.6) is 0 Å². The summed E-state index contributed by atoms with van der Waals surface area (Å²) in [5.74, 6) is -1.36. The van der Waals surface area contributed by atoms with E-state index in [0.717, 1.165) is 0 Å². The number of ether oxygens (including phenoxy) is 2. The molecule has 1 N–H and O–H groups in total. The van der Waals surface area contributed by atoms with Crippen LogP contribution in [0.4, 0.5) is 4.39 Å². The van der Waals surface area contributed by atoms with Crippen molar-refractivity contribution >= 4 is 40.7 Å². The minimum absolute atomic E-state index is 0.0288. The van der Waals surface area contributed by atoms with Gasteiger partial charge in [0.1, 0.15) is 11.9 Å². The summed E-state index contributed by atoms with van der Waals surface area (Å²) in [5, 5.41) is 11.6. The summed E-state index contributed by atoms with van der Waals surface area (Å²) < 4.78 is 24.8. The van der Waals surface area contributed by atoms with Gasteiger partial charge >= 0.3 is 11.9 Å². The number of thiazole rings is 1. The molecule has 12 heteroatoms. The van der Waals surface area contributed by atoms with E-state index in [1.54, 1.807) is 19.3 Å². The molecule has 3 heterocycles. The highest BCUT2D eigenvalue weighted by molar-refractivity contribution is 7.11. The van der Waals surface area contributed by atoms with Gasteiger partial charge in [-0.2, -0.15) is 0 Å². The largest absolute Gasteiger partial charge is 0.481 e. The fraction of sp³-hybridized carbons (Fsp3) is 0.417. The first-order valence-electron chi connectivity index (χ1n) is 11.5. The van der Waals surface area contributed by atoms with Crippen LogP contribution in [0.3, 0.4) is 0 Å². The van der Waals surface area contributed by atoms with Crippen LogP contribution in [0.15, 0.2) is 46.5 Å². The lowest BCUT2D eigenvalue weighted by Gasteiger charge is -2.38. The van der Waals surface area contributed by atoms with Crippen molar-refractivity contribution in [3.05, 3.63) is 63.0 Å². The van der Waals surface area contributed by atoms with Gasteiger partial charge < -0.3 is 19.5 Å². The number of carboxylic acid groups (broad SMARTS) is 1. The molecule has 0 amide bonds.